The zero-order valence-corrected chi connectivity index (χ0v) is 9.09. The molecule has 1 aliphatic carbocycles. The topological polar surface area (TPSA) is 29.3 Å². The summed E-state index contributed by atoms with van der Waals surface area (Å²) in [4.78, 5) is 2.62. The average Bonchev–Trinajstić information content (AvgIpc) is 2.40. The van der Waals surface area contributed by atoms with Crippen molar-refractivity contribution in [3.63, 3.8) is 0 Å². The van der Waals surface area contributed by atoms with E-state index in [4.69, 9.17) is 5.73 Å². The van der Waals surface area contributed by atoms with Crippen molar-refractivity contribution in [2.75, 3.05) is 13.1 Å². The first-order valence-corrected chi connectivity index (χ1v) is 5.47. The van der Waals surface area contributed by atoms with Gasteiger partial charge in [0.1, 0.15) is 0 Å². The highest BCUT2D eigenvalue weighted by Crippen LogP contribution is 2.39. The summed E-state index contributed by atoms with van der Waals surface area (Å²) in [6.07, 6.45) is 2.52. The molecule has 0 aromatic carbocycles. The van der Waals surface area contributed by atoms with Crippen LogP contribution in [0.15, 0.2) is 0 Å². The van der Waals surface area contributed by atoms with E-state index >= 15 is 0 Å². The Hall–Kier alpha value is -0.0800. The molecule has 2 N–H and O–H groups in total. The molecule has 2 fully saturated rings. The molecule has 76 valence electrons. The van der Waals surface area contributed by atoms with Gasteiger partial charge in [0.2, 0.25) is 0 Å². The number of nitrogens with zero attached hydrogens (tertiary/aromatic N) is 1. The van der Waals surface area contributed by atoms with Gasteiger partial charge in [-0.05, 0) is 45.4 Å². The van der Waals surface area contributed by atoms with E-state index in [1.807, 2.05) is 0 Å². The van der Waals surface area contributed by atoms with E-state index in [1.165, 1.54) is 25.9 Å². The lowest BCUT2D eigenvalue weighted by Crippen LogP contribution is -2.40. The highest BCUT2D eigenvalue weighted by Gasteiger charge is 2.42. The summed E-state index contributed by atoms with van der Waals surface area (Å²) < 4.78 is 0. The molecule has 2 heteroatoms. The molecule has 1 saturated heterocycles. The maximum Gasteiger partial charge on any atom is 0.0125 e. The maximum atomic E-state index is 5.96. The summed E-state index contributed by atoms with van der Waals surface area (Å²) in [5, 5.41) is 0. The van der Waals surface area contributed by atoms with E-state index in [0.717, 1.165) is 11.8 Å². The molecule has 2 aliphatic rings. The maximum absolute atomic E-state index is 5.96. The monoisotopic (exact) mass is 182 g/mol. The zero-order valence-electron chi connectivity index (χ0n) is 9.09. The molecule has 13 heavy (non-hydrogen) atoms. The van der Waals surface area contributed by atoms with Gasteiger partial charge in [-0.15, -0.1) is 0 Å². The first kappa shape index (κ1) is 9.47. The fourth-order valence-corrected chi connectivity index (χ4v) is 2.89. The van der Waals surface area contributed by atoms with E-state index in [0.29, 0.717) is 11.6 Å². The Balaban J connectivity index is 1.98. The van der Waals surface area contributed by atoms with Crippen molar-refractivity contribution in [2.24, 2.45) is 17.6 Å². The molecule has 1 aliphatic heterocycles. The van der Waals surface area contributed by atoms with Crippen LogP contribution in [0, 0.1) is 11.8 Å². The number of fused-ring (bicyclic) bond motifs is 1. The predicted octanol–water partition coefficient (Wildman–Crippen LogP) is 1.45. The summed E-state index contributed by atoms with van der Waals surface area (Å²) in [5.74, 6) is 1.79. The van der Waals surface area contributed by atoms with Gasteiger partial charge in [0, 0.05) is 24.7 Å². The Bertz CT molecular complexity index is 181. The average molecular weight is 182 g/mol. The molecule has 0 radical (unpaired) electrons. The fraction of sp³-hybridized carbons (Fsp3) is 1.00. The quantitative estimate of drug-likeness (QED) is 0.614. The largest absolute Gasteiger partial charge is 0.328 e. The highest BCUT2D eigenvalue weighted by atomic mass is 15.2. The molecule has 0 aromatic rings. The number of rotatable bonds is 0. The summed E-state index contributed by atoms with van der Waals surface area (Å²) in [7, 11) is 0. The number of nitrogens with two attached hydrogens (primary N) is 1. The van der Waals surface area contributed by atoms with Gasteiger partial charge in [-0.3, -0.25) is 4.90 Å². The Labute approximate surface area is 81.5 Å². The molecule has 2 nitrogen and oxygen atoms in total. The van der Waals surface area contributed by atoms with Crippen LogP contribution in [0.1, 0.15) is 33.6 Å². The van der Waals surface area contributed by atoms with Gasteiger partial charge >= 0.3 is 0 Å². The second-order valence-corrected chi connectivity index (χ2v) is 5.83. The molecule has 3 atom stereocenters. The van der Waals surface area contributed by atoms with Gasteiger partial charge in [-0.2, -0.15) is 0 Å². The SMILES string of the molecule is CC(C)(C)N1C[C@H]2CC(N)C[C@H]2C1. The summed E-state index contributed by atoms with van der Waals surface area (Å²) in [6, 6.07) is 0.497. The third-order valence-corrected chi connectivity index (χ3v) is 3.74. The van der Waals surface area contributed by atoms with E-state index in [9.17, 15) is 0 Å². The van der Waals surface area contributed by atoms with E-state index in [2.05, 4.69) is 25.7 Å². The zero-order chi connectivity index (χ0) is 9.64. The molecular weight excluding hydrogens is 160 g/mol. The fourth-order valence-electron chi connectivity index (χ4n) is 2.89. The Kier molecular flexibility index (Phi) is 2.16. The molecule has 0 bridgehead atoms. The number of hydrogen-bond donors (Lipinski definition) is 1. The standard InChI is InChI=1S/C11H22N2/c1-11(2,3)13-6-8-4-10(12)5-9(8)7-13/h8-10H,4-7,12H2,1-3H3/t8-,9+,10?. The summed E-state index contributed by atoms with van der Waals surface area (Å²) >= 11 is 0. The molecule has 0 amide bonds. The van der Waals surface area contributed by atoms with Crippen molar-refractivity contribution in [3.05, 3.63) is 0 Å². The molecule has 2 rings (SSSR count). The van der Waals surface area contributed by atoms with Crippen LogP contribution in [0.2, 0.25) is 0 Å². The minimum Gasteiger partial charge on any atom is -0.328 e. The molecule has 0 spiro atoms. The molecule has 1 unspecified atom stereocenters. The molecule has 1 heterocycles. The van der Waals surface area contributed by atoms with Crippen LogP contribution in [0.3, 0.4) is 0 Å². The van der Waals surface area contributed by atoms with E-state index in [-0.39, 0.29) is 0 Å². The number of likely N-dealkylation sites (tertiary alicyclic amines) is 1. The van der Waals surface area contributed by atoms with Crippen LogP contribution in [0.25, 0.3) is 0 Å². The minimum atomic E-state index is 0.356. The highest BCUT2D eigenvalue weighted by molar-refractivity contribution is 4.96. The predicted molar refractivity (Wildman–Crippen MR) is 55.5 cm³/mol. The van der Waals surface area contributed by atoms with Crippen LogP contribution in [-0.2, 0) is 0 Å². The molecule has 1 saturated carbocycles. The van der Waals surface area contributed by atoms with Crippen LogP contribution in [-0.4, -0.2) is 29.6 Å². The van der Waals surface area contributed by atoms with Crippen LogP contribution < -0.4 is 5.73 Å². The van der Waals surface area contributed by atoms with Gasteiger partial charge in [-0.25, -0.2) is 0 Å². The number of hydrogen-bond acceptors (Lipinski definition) is 2. The van der Waals surface area contributed by atoms with Crippen molar-refractivity contribution in [1.29, 1.82) is 0 Å². The third-order valence-electron chi connectivity index (χ3n) is 3.74. The van der Waals surface area contributed by atoms with Crippen molar-refractivity contribution in [2.45, 2.75) is 45.2 Å². The smallest absolute Gasteiger partial charge is 0.0125 e. The lowest BCUT2D eigenvalue weighted by molar-refractivity contribution is 0.159. The summed E-state index contributed by atoms with van der Waals surface area (Å²) in [6.45, 7) is 9.50. The van der Waals surface area contributed by atoms with E-state index < -0.39 is 0 Å². The van der Waals surface area contributed by atoms with Gasteiger partial charge in [0.05, 0.1) is 0 Å². The van der Waals surface area contributed by atoms with Crippen molar-refractivity contribution in [3.8, 4) is 0 Å². The lowest BCUT2D eigenvalue weighted by atomic mass is 10.0. The van der Waals surface area contributed by atoms with E-state index in [1.54, 1.807) is 0 Å². The second kappa shape index (κ2) is 2.96. The van der Waals surface area contributed by atoms with Crippen LogP contribution in [0.5, 0.6) is 0 Å². The van der Waals surface area contributed by atoms with Crippen LogP contribution in [0.4, 0.5) is 0 Å². The third kappa shape index (κ3) is 1.75. The molecule has 0 aromatic heterocycles. The first-order chi connectivity index (χ1) is 5.97. The normalized spacial score (nSPS) is 41.1. The van der Waals surface area contributed by atoms with Gasteiger partial charge in [-0.1, -0.05) is 0 Å². The van der Waals surface area contributed by atoms with Gasteiger partial charge < -0.3 is 5.73 Å². The lowest BCUT2D eigenvalue weighted by Gasteiger charge is -2.32. The van der Waals surface area contributed by atoms with Crippen molar-refractivity contribution < 1.29 is 0 Å². The summed E-state index contributed by atoms with van der Waals surface area (Å²) in [5.41, 5.74) is 6.32. The Morgan fingerprint density at radius 3 is 1.92 bits per heavy atom. The first-order valence-electron chi connectivity index (χ1n) is 5.47. The molecular formula is C11H22N2. The Morgan fingerprint density at radius 2 is 1.54 bits per heavy atom. The van der Waals surface area contributed by atoms with Gasteiger partial charge in [0.25, 0.3) is 0 Å². The van der Waals surface area contributed by atoms with Crippen LogP contribution >= 0.6 is 0 Å². The van der Waals surface area contributed by atoms with Crippen molar-refractivity contribution in [1.82, 2.24) is 4.90 Å². The minimum absolute atomic E-state index is 0.356. The Morgan fingerprint density at radius 1 is 1.08 bits per heavy atom. The van der Waals surface area contributed by atoms with Gasteiger partial charge in [0.15, 0.2) is 0 Å². The van der Waals surface area contributed by atoms with Crippen molar-refractivity contribution >= 4 is 0 Å². The second-order valence-electron chi connectivity index (χ2n) is 5.83.